The third kappa shape index (κ3) is 10.1. The molecule has 0 amide bonds. The molecule has 1 aliphatic rings. The number of nitrogens with two attached hydrogens (primary N) is 1. The van der Waals surface area contributed by atoms with E-state index in [4.69, 9.17) is 34.2 Å². The van der Waals surface area contributed by atoms with Gasteiger partial charge in [-0.05, 0) is 55.0 Å². The van der Waals surface area contributed by atoms with Gasteiger partial charge in [0.25, 0.3) is 0 Å². The number of imidazole rings is 1. The Kier molecular flexibility index (Phi) is 13.4. The van der Waals surface area contributed by atoms with Crippen LogP contribution in [-0.2, 0) is 54.7 Å². The zero-order valence-electron chi connectivity index (χ0n) is 28.0. The van der Waals surface area contributed by atoms with Crippen molar-refractivity contribution in [3.05, 3.63) is 126 Å². The molecule has 1 fully saturated rings. The fourth-order valence-electron chi connectivity index (χ4n) is 6.15. The Bertz CT molecular complexity index is 1620. The van der Waals surface area contributed by atoms with E-state index in [9.17, 15) is 0 Å². The van der Waals surface area contributed by atoms with Crippen LogP contribution in [0.15, 0.2) is 104 Å². The quantitative estimate of drug-likeness (QED) is 0.0853. The fraction of sp³-hybridized carbons (Fsp3) is 0.410. The van der Waals surface area contributed by atoms with Crippen molar-refractivity contribution in [1.82, 2.24) is 15.0 Å². The van der Waals surface area contributed by atoms with Crippen LogP contribution in [0.5, 0.6) is 0 Å². The molecule has 0 unspecified atom stereocenters. The van der Waals surface area contributed by atoms with Crippen molar-refractivity contribution in [2.45, 2.75) is 76.2 Å². The summed E-state index contributed by atoms with van der Waals surface area (Å²) in [5, 5.41) is 1.18. The molecule has 0 saturated carbocycles. The number of H-pyrrole nitrogens is 2. The van der Waals surface area contributed by atoms with Gasteiger partial charge in [-0.3, -0.25) is 0 Å². The summed E-state index contributed by atoms with van der Waals surface area (Å²) in [6.07, 6.45) is 6.19. The number of benzene rings is 3. The van der Waals surface area contributed by atoms with Crippen LogP contribution in [0.2, 0.25) is 0 Å². The Morgan fingerprint density at radius 3 is 2.14 bits per heavy atom. The Labute approximate surface area is 288 Å². The van der Waals surface area contributed by atoms with Gasteiger partial charge < -0.3 is 44.1 Å². The highest BCUT2D eigenvalue weighted by molar-refractivity contribution is 5.83. The maximum absolute atomic E-state index is 6.77. The number of rotatable bonds is 20. The normalized spacial score (nSPS) is 21.0. The number of hydrogen-bond acceptors (Lipinski definition) is 8. The standard InChI is InChI=1S/C39H48N4O6/c40-19-10-3-11-20-44-27-35-36(48-26-32-23-41-28-43-32)37(46-24-29-12-4-1-5-13-29)38(47-25-30-14-6-2-7-15-30)39(49-35)45-21-18-31-22-42-34-17-9-8-16-33(31)34/h1-2,4-9,12-17,22-23,28,35-39,42H,3,10-11,18-21,24-27,40H2,(H,41,43)/t35-,36-,37+,38-,39-/m1/s1. The van der Waals surface area contributed by atoms with Gasteiger partial charge in [0.2, 0.25) is 0 Å². The SMILES string of the molecule is NCCCCCOC[C@H]1O[C@@H](OCCc2c[nH]c3ccccc23)[C@H](OCc2ccccc2)[C@@H](OCc2ccccc2)[C@@H]1OCc1cnc[nH]1. The molecule has 4 N–H and O–H groups in total. The van der Waals surface area contributed by atoms with Crippen molar-refractivity contribution in [3.63, 3.8) is 0 Å². The number of hydrogen-bond donors (Lipinski definition) is 3. The predicted molar refractivity (Wildman–Crippen MR) is 188 cm³/mol. The summed E-state index contributed by atoms with van der Waals surface area (Å²) in [6, 6.07) is 28.5. The Hall–Kier alpha value is -3.87. The number of aromatic nitrogens is 3. The maximum Gasteiger partial charge on any atom is 0.186 e. The fourth-order valence-corrected chi connectivity index (χ4v) is 6.15. The lowest BCUT2D eigenvalue weighted by Gasteiger charge is -2.45. The summed E-state index contributed by atoms with van der Waals surface area (Å²) < 4.78 is 39.6. The van der Waals surface area contributed by atoms with Crippen molar-refractivity contribution in [2.24, 2.45) is 5.73 Å². The largest absolute Gasteiger partial charge is 0.379 e. The van der Waals surface area contributed by atoms with Gasteiger partial charge in [-0.1, -0.05) is 78.9 Å². The number of nitrogens with zero attached hydrogens (tertiary/aromatic N) is 1. The first kappa shape index (κ1) is 35.0. The van der Waals surface area contributed by atoms with Crippen LogP contribution >= 0.6 is 0 Å². The number of para-hydroxylation sites is 1. The smallest absolute Gasteiger partial charge is 0.186 e. The van der Waals surface area contributed by atoms with E-state index in [-0.39, 0.29) is 0 Å². The first-order valence-electron chi connectivity index (χ1n) is 17.3. The van der Waals surface area contributed by atoms with Crippen molar-refractivity contribution in [3.8, 4) is 0 Å². The van der Waals surface area contributed by atoms with Gasteiger partial charge in [0, 0.05) is 23.7 Å². The average Bonchev–Trinajstić information content (AvgIpc) is 3.82. The van der Waals surface area contributed by atoms with Crippen LogP contribution in [-0.4, -0.2) is 72.0 Å². The average molecular weight is 669 g/mol. The maximum atomic E-state index is 6.77. The highest BCUT2D eigenvalue weighted by Crippen LogP contribution is 2.32. The lowest BCUT2D eigenvalue weighted by atomic mass is 9.97. The van der Waals surface area contributed by atoms with E-state index in [0.717, 1.165) is 41.6 Å². The molecule has 0 aliphatic carbocycles. The summed E-state index contributed by atoms with van der Waals surface area (Å²) in [5.74, 6) is 0. The third-order valence-corrected chi connectivity index (χ3v) is 8.75. The van der Waals surface area contributed by atoms with Crippen LogP contribution in [0.25, 0.3) is 10.9 Å². The van der Waals surface area contributed by atoms with Gasteiger partial charge in [0.05, 0.1) is 51.3 Å². The number of nitrogens with one attached hydrogen (secondary N) is 2. The van der Waals surface area contributed by atoms with Gasteiger partial charge in [0.1, 0.15) is 24.4 Å². The van der Waals surface area contributed by atoms with E-state index in [2.05, 4.69) is 45.3 Å². The molecule has 1 saturated heterocycles. The molecule has 1 aliphatic heterocycles. The van der Waals surface area contributed by atoms with Crippen molar-refractivity contribution in [1.29, 1.82) is 0 Å². The van der Waals surface area contributed by atoms with Crippen LogP contribution in [0.4, 0.5) is 0 Å². The molecule has 5 atom stereocenters. The highest BCUT2D eigenvalue weighted by Gasteiger charge is 2.49. The summed E-state index contributed by atoms with van der Waals surface area (Å²) >= 11 is 0. The molecule has 6 rings (SSSR count). The van der Waals surface area contributed by atoms with E-state index in [1.54, 1.807) is 12.5 Å². The van der Waals surface area contributed by atoms with Gasteiger partial charge in [-0.25, -0.2) is 4.98 Å². The minimum Gasteiger partial charge on any atom is -0.379 e. The molecule has 2 aromatic heterocycles. The van der Waals surface area contributed by atoms with Gasteiger partial charge >= 0.3 is 0 Å². The predicted octanol–water partition coefficient (Wildman–Crippen LogP) is 6.08. The summed E-state index contributed by atoms with van der Waals surface area (Å²) in [5.41, 5.74) is 10.9. The number of fused-ring (bicyclic) bond motifs is 1. The van der Waals surface area contributed by atoms with E-state index in [1.807, 2.05) is 60.8 Å². The van der Waals surface area contributed by atoms with Crippen LogP contribution in [0.3, 0.4) is 0 Å². The topological polar surface area (TPSA) is 126 Å². The number of unbranched alkanes of at least 4 members (excludes halogenated alkanes) is 2. The molecule has 5 aromatic rings. The lowest BCUT2D eigenvalue weighted by Crippen LogP contribution is -2.61. The summed E-state index contributed by atoms with van der Waals surface area (Å²) in [7, 11) is 0. The van der Waals surface area contributed by atoms with Gasteiger partial charge in [-0.2, -0.15) is 0 Å². The Morgan fingerprint density at radius 1 is 0.694 bits per heavy atom. The van der Waals surface area contributed by atoms with E-state index < -0.39 is 30.7 Å². The molecule has 0 bridgehead atoms. The second-order valence-electron chi connectivity index (χ2n) is 12.3. The number of ether oxygens (including phenoxy) is 6. The molecule has 0 spiro atoms. The minimum atomic E-state index is -0.729. The van der Waals surface area contributed by atoms with Crippen molar-refractivity contribution in [2.75, 3.05) is 26.4 Å². The van der Waals surface area contributed by atoms with Gasteiger partial charge in [0.15, 0.2) is 6.29 Å². The first-order chi connectivity index (χ1) is 24.3. The van der Waals surface area contributed by atoms with Crippen molar-refractivity contribution < 1.29 is 28.4 Å². The molecule has 10 nitrogen and oxygen atoms in total. The monoisotopic (exact) mass is 668 g/mol. The minimum absolute atomic E-state index is 0.295. The summed E-state index contributed by atoms with van der Waals surface area (Å²) in [6.45, 7) is 3.04. The second-order valence-corrected chi connectivity index (χ2v) is 12.3. The molecule has 3 aromatic carbocycles. The Morgan fingerprint density at radius 2 is 1.41 bits per heavy atom. The van der Waals surface area contributed by atoms with E-state index in [1.165, 1.54) is 10.9 Å². The molecule has 49 heavy (non-hydrogen) atoms. The molecule has 260 valence electrons. The molecular weight excluding hydrogens is 620 g/mol. The third-order valence-electron chi connectivity index (χ3n) is 8.75. The molecule has 10 heteroatoms. The van der Waals surface area contributed by atoms with Gasteiger partial charge in [-0.15, -0.1) is 0 Å². The van der Waals surface area contributed by atoms with Crippen LogP contribution < -0.4 is 5.73 Å². The molecular formula is C39H48N4O6. The first-order valence-corrected chi connectivity index (χ1v) is 17.3. The van der Waals surface area contributed by atoms with Crippen LogP contribution in [0, 0.1) is 0 Å². The second kappa shape index (κ2) is 18.8. The highest BCUT2D eigenvalue weighted by atomic mass is 16.7. The van der Waals surface area contributed by atoms with E-state index >= 15 is 0 Å². The van der Waals surface area contributed by atoms with Crippen LogP contribution in [0.1, 0.15) is 41.6 Å². The Balaban J connectivity index is 1.25. The zero-order valence-corrected chi connectivity index (χ0v) is 28.0. The molecule has 0 radical (unpaired) electrons. The summed E-state index contributed by atoms with van der Waals surface area (Å²) in [4.78, 5) is 10.7. The molecule has 3 heterocycles. The lowest BCUT2D eigenvalue weighted by molar-refractivity contribution is -0.328. The van der Waals surface area contributed by atoms with Crippen molar-refractivity contribution >= 4 is 10.9 Å². The van der Waals surface area contributed by atoms with E-state index in [0.29, 0.717) is 52.6 Å². The zero-order chi connectivity index (χ0) is 33.5. The number of aromatic amines is 2.